The largest absolute Gasteiger partial charge is 0.478 e. The van der Waals surface area contributed by atoms with E-state index in [1.54, 1.807) is 12.3 Å². The summed E-state index contributed by atoms with van der Waals surface area (Å²) in [6, 6.07) is 7.34. The maximum atomic E-state index is 11.1. The average molecular weight is 297 g/mol. The molecular weight excluding hydrogens is 278 g/mol. The summed E-state index contributed by atoms with van der Waals surface area (Å²) >= 11 is 0. The van der Waals surface area contributed by atoms with E-state index in [-0.39, 0.29) is 5.56 Å². The first-order valence-corrected chi connectivity index (χ1v) is 7.65. The van der Waals surface area contributed by atoms with Gasteiger partial charge in [0.25, 0.3) is 0 Å². The lowest BCUT2D eigenvalue weighted by Gasteiger charge is -2.23. The van der Waals surface area contributed by atoms with Gasteiger partial charge in [-0.3, -0.25) is 4.98 Å². The van der Waals surface area contributed by atoms with Crippen molar-refractivity contribution in [2.45, 2.75) is 38.1 Å². The normalized spacial score (nSPS) is 15.5. The van der Waals surface area contributed by atoms with Gasteiger partial charge in [-0.2, -0.15) is 0 Å². The second kappa shape index (κ2) is 6.56. The molecule has 1 aliphatic carbocycles. The van der Waals surface area contributed by atoms with Gasteiger partial charge in [-0.05, 0) is 37.1 Å². The van der Waals surface area contributed by atoms with Crippen LogP contribution in [0.3, 0.4) is 0 Å². The molecule has 0 bridgehead atoms. The third-order valence-corrected chi connectivity index (χ3v) is 4.02. The first-order chi connectivity index (χ1) is 10.7. The third-order valence-electron chi connectivity index (χ3n) is 4.02. The fourth-order valence-electron chi connectivity index (χ4n) is 2.85. The van der Waals surface area contributed by atoms with Gasteiger partial charge in [0.2, 0.25) is 0 Å². The van der Waals surface area contributed by atoms with Crippen LogP contribution >= 0.6 is 0 Å². The Morgan fingerprint density at radius 3 is 2.64 bits per heavy atom. The third kappa shape index (κ3) is 3.42. The Bertz CT molecular complexity index is 666. The molecule has 1 fully saturated rings. The number of carbonyl (C=O) groups is 1. The summed E-state index contributed by atoms with van der Waals surface area (Å²) < 4.78 is 0. The summed E-state index contributed by atoms with van der Waals surface area (Å²) in [7, 11) is 0. The standard InChI is InChI=1S/C17H19N3O2/c21-17(22)13-7-8-18-15(10-13)12-6-9-19-16(11-12)20-14-4-2-1-3-5-14/h6-11,14H,1-5H2,(H,19,20)(H,21,22). The van der Waals surface area contributed by atoms with Gasteiger partial charge >= 0.3 is 5.97 Å². The molecule has 0 spiro atoms. The average Bonchev–Trinajstić information content (AvgIpc) is 2.56. The first-order valence-electron chi connectivity index (χ1n) is 7.65. The van der Waals surface area contributed by atoms with Crippen molar-refractivity contribution >= 4 is 11.8 Å². The molecule has 0 aromatic carbocycles. The predicted molar refractivity (Wildman–Crippen MR) is 84.9 cm³/mol. The van der Waals surface area contributed by atoms with Crippen LogP contribution in [0.15, 0.2) is 36.7 Å². The van der Waals surface area contributed by atoms with Crippen molar-refractivity contribution < 1.29 is 9.90 Å². The Balaban J connectivity index is 1.81. The van der Waals surface area contributed by atoms with E-state index < -0.39 is 5.97 Å². The Morgan fingerprint density at radius 1 is 1.09 bits per heavy atom. The van der Waals surface area contributed by atoms with Gasteiger partial charge in [0.1, 0.15) is 5.82 Å². The fourth-order valence-corrected chi connectivity index (χ4v) is 2.85. The van der Waals surface area contributed by atoms with Crippen molar-refractivity contribution in [1.82, 2.24) is 9.97 Å². The van der Waals surface area contributed by atoms with Gasteiger partial charge in [0, 0.05) is 24.0 Å². The van der Waals surface area contributed by atoms with Crippen LogP contribution in [0.4, 0.5) is 5.82 Å². The van der Waals surface area contributed by atoms with Gasteiger partial charge in [0.05, 0.1) is 11.3 Å². The molecule has 114 valence electrons. The number of hydrogen-bond acceptors (Lipinski definition) is 4. The summed E-state index contributed by atoms with van der Waals surface area (Å²) in [4.78, 5) is 19.7. The lowest BCUT2D eigenvalue weighted by atomic mass is 9.95. The molecule has 0 unspecified atom stereocenters. The van der Waals surface area contributed by atoms with Gasteiger partial charge in [-0.1, -0.05) is 19.3 Å². The molecule has 1 aliphatic rings. The molecule has 3 rings (SSSR count). The lowest BCUT2D eigenvalue weighted by molar-refractivity contribution is 0.0697. The number of pyridine rings is 2. The summed E-state index contributed by atoms with van der Waals surface area (Å²) in [5.74, 6) is -0.120. The summed E-state index contributed by atoms with van der Waals surface area (Å²) in [5.41, 5.74) is 1.76. The minimum Gasteiger partial charge on any atom is -0.478 e. The molecule has 2 heterocycles. The van der Waals surface area contributed by atoms with Crippen molar-refractivity contribution in [2.24, 2.45) is 0 Å². The topological polar surface area (TPSA) is 75.1 Å². The van der Waals surface area contributed by atoms with Crippen molar-refractivity contribution in [3.8, 4) is 11.3 Å². The smallest absolute Gasteiger partial charge is 0.335 e. The van der Waals surface area contributed by atoms with Gasteiger partial charge in [-0.25, -0.2) is 9.78 Å². The van der Waals surface area contributed by atoms with Crippen molar-refractivity contribution in [3.05, 3.63) is 42.2 Å². The van der Waals surface area contributed by atoms with Crippen molar-refractivity contribution in [3.63, 3.8) is 0 Å². The molecule has 22 heavy (non-hydrogen) atoms. The van der Waals surface area contributed by atoms with Gasteiger partial charge in [0.15, 0.2) is 0 Å². The highest BCUT2D eigenvalue weighted by molar-refractivity contribution is 5.88. The SMILES string of the molecule is O=C(O)c1ccnc(-c2ccnc(NC3CCCCC3)c2)c1. The molecular formula is C17H19N3O2. The van der Waals surface area contributed by atoms with E-state index >= 15 is 0 Å². The van der Waals surface area contributed by atoms with E-state index in [9.17, 15) is 4.79 Å². The number of aromatic nitrogens is 2. The van der Waals surface area contributed by atoms with E-state index in [4.69, 9.17) is 5.11 Å². The summed E-state index contributed by atoms with van der Waals surface area (Å²) in [6.07, 6.45) is 9.46. The highest BCUT2D eigenvalue weighted by Crippen LogP contribution is 2.24. The molecule has 2 aromatic heterocycles. The molecule has 0 aliphatic heterocycles. The number of aromatic carboxylic acids is 1. The second-order valence-corrected chi connectivity index (χ2v) is 5.64. The summed E-state index contributed by atoms with van der Waals surface area (Å²) in [6.45, 7) is 0. The minimum atomic E-state index is -0.946. The van der Waals surface area contributed by atoms with Crippen LogP contribution in [0.2, 0.25) is 0 Å². The zero-order chi connectivity index (χ0) is 15.4. The van der Waals surface area contributed by atoms with Crippen LogP contribution in [-0.2, 0) is 0 Å². The number of rotatable bonds is 4. The van der Waals surface area contributed by atoms with E-state index in [0.29, 0.717) is 11.7 Å². The second-order valence-electron chi connectivity index (χ2n) is 5.64. The Kier molecular flexibility index (Phi) is 4.32. The maximum absolute atomic E-state index is 11.1. The van der Waals surface area contributed by atoms with Crippen molar-refractivity contribution in [1.29, 1.82) is 0 Å². The van der Waals surface area contributed by atoms with Crippen LogP contribution in [0.25, 0.3) is 11.3 Å². The molecule has 5 heteroatoms. The lowest BCUT2D eigenvalue weighted by Crippen LogP contribution is -2.22. The molecule has 0 atom stereocenters. The van der Waals surface area contributed by atoms with Gasteiger partial charge < -0.3 is 10.4 Å². The number of nitrogens with one attached hydrogen (secondary N) is 1. The number of nitrogens with zero attached hydrogens (tertiary/aromatic N) is 2. The monoisotopic (exact) mass is 297 g/mol. The van der Waals surface area contributed by atoms with Crippen LogP contribution in [-0.4, -0.2) is 27.1 Å². The maximum Gasteiger partial charge on any atom is 0.335 e. The molecule has 2 N–H and O–H groups in total. The van der Waals surface area contributed by atoms with Crippen LogP contribution in [0.5, 0.6) is 0 Å². The highest BCUT2D eigenvalue weighted by Gasteiger charge is 2.14. The van der Waals surface area contributed by atoms with Crippen LogP contribution in [0.1, 0.15) is 42.5 Å². The van der Waals surface area contributed by atoms with Crippen molar-refractivity contribution in [2.75, 3.05) is 5.32 Å². The number of anilines is 1. The van der Waals surface area contributed by atoms with E-state index in [0.717, 1.165) is 11.4 Å². The molecule has 0 radical (unpaired) electrons. The number of carboxylic acids is 1. The minimum absolute atomic E-state index is 0.239. The highest BCUT2D eigenvalue weighted by atomic mass is 16.4. The fraction of sp³-hybridized carbons (Fsp3) is 0.353. The quantitative estimate of drug-likeness (QED) is 0.902. The molecule has 2 aromatic rings. The molecule has 0 amide bonds. The van der Waals surface area contributed by atoms with E-state index in [1.165, 1.54) is 44.4 Å². The molecule has 0 saturated heterocycles. The zero-order valence-electron chi connectivity index (χ0n) is 12.3. The number of carboxylic acid groups (broad SMARTS) is 1. The van der Waals surface area contributed by atoms with Crippen LogP contribution in [0, 0.1) is 0 Å². The van der Waals surface area contributed by atoms with E-state index in [2.05, 4.69) is 15.3 Å². The first kappa shape index (κ1) is 14.5. The van der Waals surface area contributed by atoms with E-state index in [1.807, 2.05) is 12.1 Å². The predicted octanol–water partition coefficient (Wildman–Crippen LogP) is 3.59. The zero-order valence-corrected chi connectivity index (χ0v) is 12.3. The van der Waals surface area contributed by atoms with Crippen LogP contribution < -0.4 is 5.32 Å². The Morgan fingerprint density at radius 2 is 1.86 bits per heavy atom. The Hall–Kier alpha value is -2.43. The van der Waals surface area contributed by atoms with Gasteiger partial charge in [-0.15, -0.1) is 0 Å². The number of hydrogen-bond donors (Lipinski definition) is 2. The molecule has 1 saturated carbocycles. The Labute approximate surface area is 129 Å². The molecule has 5 nitrogen and oxygen atoms in total. The summed E-state index contributed by atoms with van der Waals surface area (Å²) in [5, 5.41) is 12.5.